The van der Waals surface area contributed by atoms with Gasteiger partial charge in [0.1, 0.15) is 0 Å². The van der Waals surface area contributed by atoms with Crippen LogP contribution in [0.2, 0.25) is 0 Å². The van der Waals surface area contributed by atoms with Gasteiger partial charge in [0.2, 0.25) is 0 Å². The topological polar surface area (TPSA) is 0 Å². The summed E-state index contributed by atoms with van der Waals surface area (Å²) in [6.07, 6.45) is 0.954. The zero-order valence-corrected chi connectivity index (χ0v) is 6.25. The Morgan fingerprint density at radius 1 is 1.71 bits per heavy atom. The van der Waals surface area contributed by atoms with E-state index in [1.807, 2.05) is 13.8 Å². The molecule has 1 atom stereocenters. The fraction of sp³-hybridized carbons (Fsp3) is 0.667. The molecule has 0 fully saturated rings. The Morgan fingerprint density at radius 3 is 2.43 bits per heavy atom. The molecule has 0 N–H and O–H groups in total. The molecule has 0 bridgehead atoms. The minimum absolute atomic E-state index is 0.354. The van der Waals surface area contributed by atoms with Gasteiger partial charge in [0.25, 0.3) is 0 Å². The standard InChI is InChI=1S/C6H9Br/c1-3-4-5-6(2)7/h6H,3H2,1-2H3/t6-/m0/s1. The Labute approximate surface area is 53.4 Å². The first kappa shape index (κ1) is 7.04. The molecule has 0 saturated carbocycles. The molecule has 40 valence electrons. The third-order valence-electron chi connectivity index (χ3n) is 0.478. The number of hydrogen-bond acceptors (Lipinski definition) is 0. The number of halogens is 1. The number of rotatable bonds is 0. The minimum atomic E-state index is 0.354. The van der Waals surface area contributed by atoms with Crippen molar-refractivity contribution in [1.82, 2.24) is 0 Å². The molecule has 0 spiro atoms. The van der Waals surface area contributed by atoms with Crippen LogP contribution in [0.25, 0.3) is 0 Å². The van der Waals surface area contributed by atoms with Gasteiger partial charge in [-0.3, -0.25) is 0 Å². The Morgan fingerprint density at radius 2 is 2.29 bits per heavy atom. The average molecular weight is 161 g/mol. The molecule has 0 aliphatic carbocycles. The second-order valence-corrected chi connectivity index (χ2v) is 2.66. The summed E-state index contributed by atoms with van der Waals surface area (Å²) in [7, 11) is 0. The van der Waals surface area contributed by atoms with Crippen molar-refractivity contribution in [2.75, 3.05) is 0 Å². The monoisotopic (exact) mass is 160 g/mol. The van der Waals surface area contributed by atoms with Crippen molar-refractivity contribution in [1.29, 1.82) is 0 Å². The van der Waals surface area contributed by atoms with E-state index in [0.29, 0.717) is 4.83 Å². The summed E-state index contributed by atoms with van der Waals surface area (Å²) >= 11 is 3.30. The SMILES string of the molecule is CCC#C[C@H](C)Br. The van der Waals surface area contributed by atoms with Gasteiger partial charge in [0, 0.05) is 6.42 Å². The predicted octanol–water partition coefficient (Wildman–Crippen LogP) is 2.18. The first-order valence-electron chi connectivity index (χ1n) is 2.39. The maximum atomic E-state index is 3.30. The van der Waals surface area contributed by atoms with E-state index in [2.05, 4.69) is 27.8 Å². The van der Waals surface area contributed by atoms with E-state index in [4.69, 9.17) is 0 Å². The molecule has 0 nitrogen and oxygen atoms in total. The van der Waals surface area contributed by atoms with Gasteiger partial charge in [-0.2, -0.15) is 0 Å². The summed E-state index contributed by atoms with van der Waals surface area (Å²) in [6, 6.07) is 0. The van der Waals surface area contributed by atoms with Gasteiger partial charge >= 0.3 is 0 Å². The number of alkyl halides is 1. The molecule has 0 aliphatic heterocycles. The minimum Gasteiger partial charge on any atom is -0.102 e. The van der Waals surface area contributed by atoms with Gasteiger partial charge in [0.05, 0.1) is 4.83 Å². The van der Waals surface area contributed by atoms with Crippen molar-refractivity contribution < 1.29 is 0 Å². The second-order valence-electron chi connectivity index (χ2n) is 1.29. The van der Waals surface area contributed by atoms with Crippen LogP contribution in [-0.2, 0) is 0 Å². The average Bonchev–Trinajstić information content (AvgIpc) is 1.61. The molecule has 0 aromatic carbocycles. The lowest BCUT2D eigenvalue weighted by atomic mass is 10.4. The highest BCUT2D eigenvalue weighted by Gasteiger charge is 1.79. The van der Waals surface area contributed by atoms with Crippen LogP contribution >= 0.6 is 15.9 Å². The molecule has 0 aliphatic rings. The van der Waals surface area contributed by atoms with Gasteiger partial charge in [-0.15, -0.1) is 5.92 Å². The van der Waals surface area contributed by atoms with Crippen molar-refractivity contribution in [3.8, 4) is 11.8 Å². The Kier molecular flexibility index (Phi) is 4.23. The van der Waals surface area contributed by atoms with Crippen molar-refractivity contribution >= 4 is 15.9 Å². The van der Waals surface area contributed by atoms with Gasteiger partial charge in [-0.25, -0.2) is 0 Å². The van der Waals surface area contributed by atoms with E-state index in [-0.39, 0.29) is 0 Å². The lowest BCUT2D eigenvalue weighted by molar-refractivity contribution is 1.25. The van der Waals surface area contributed by atoms with Crippen LogP contribution in [0.5, 0.6) is 0 Å². The van der Waals surface area contributed by atoms with Gasteiger partial charge in [-0.05, 0) is 6.92 Å². The fourth-order valence-corrected chi connectivity index (χ4v) is 0.405. The maximum Gasteiger partial charge on any atom is 0.0726 e. The highest BCUT2D eigenvalue weighted by Crippen LogP contribution is 1.92. The molecule has 0 radical (unpaired) electrons. The maximum absolute atomic E-state index is 3.30. The zero-order chi connectivity index (χ0) is 5.70. The van der Waals surface area contributed by atoms with Crippen LogP contribution in [-0.4, -0.2) is 4.83 Å². The molecule has 0 amide bonds. The predicted molar refractivity (Wildman–Crippen MR) is 36.5 cm³/mol. The molecule has 0 rings (SSSR count). The third-order valence-corrected chi connectivity index (χ3v) is 0.707. The van der Waals surface area contributed by atoms with Crippen molar-refractivity contribution in [3.63, 3.8) is 0 Å². The molecule has 7 heavy (non-hydrogen) atoms. The molecule has 0 heterocycles. The van der Waals surface area contributed by atoms with E-state index in [9.17, 15) is 0 Å². The van der Waals surface area contributed by atoms with Crippen LogP contribution in [0.4, 0.5) is 0 Å². The molecule has 0 aromatic heterocycles. The smallest absolute Gasteiger partial charge is 0.0726 e. The van der Waals surface area contributed by atoms with E-state index < -0.39 is 0 Å². The van der Waals surface area contributed by atoms with Gasteiger partial charge in [0.15, 0.2) is 0 Å². The summed E-state index contributed by atoms with van der Waals surface area (Å²) in [5, 5.41) is 0. The van der Waals surface area contributed by atoms with Gasteiger partial charge < -0.3 is 0 Å². The molecule has 0 unspecified atom stereocenters. The fourth-order valence-electron chi connectivity index (χ4n) is 0.243. The van der Waals surface area contributed by atoms with Crippen molar-refractivity contribution in [2.45, 2.75) is 25.1 Å². The largest absolute Gasteiger partial charge is 0.102 e. The van der Waals surface area contributed by atoms with Crippen LogP contribution in [0, 0.1) is 11.8 Å². The highest BCUT2D eigenvalue weighted by atomic mass is 79.9. The van der Waals surface area contributed by atoms with Crippen LogP contribution in [0.15, 0.2) is 0 Å². The molecule has 0 aromatic rings. The Balaban J connectivity index is 3.24. The lowest BCUT2D eigenvalue weighted by Gasteiger charge is -1.81. The summed E-state index contributed by atoms with van der Waals surface area (Å²) in [6.45, 7) is 4.06. The van der Waals surface area contributed by atoms with Crippen molar-refractivity contribution in [3.05, 3.63) is 0 Å². The highest BCUT2D eigenvalue weighted by molar-refractivity contribution is 9.09. The first-order valence-corrected chi connectivity index (χ1v) is 3.31. The second kappa shape index (κ2) is 4.21. The summed E-state index contributed by atoms with van der Waals surface area (Å²) in [5.74, 6) is 5.91. The molecular weight excluding hydrogens is 152 g/mol. The Hall–Kier alpha value is 0.0400. The van der Waals surface area contributed by atoms with Crippen molar-refractivity contribution in [2.24, 2.45) is 0 Å². The number of hydrogen-bond donors (Lipinski definition) is 0. The van der Waals surface area contributed by atoms with Gasteiger partial charge in [-0.1, -0.05) is 28.8 Å². The zero-order valence-electron chi connectivity index (χ0n) is 4.66. The summed E-state index contributed by atoms with van der Waals surface area (Å²) in [5.41, 5.74) is 0. The molecule has 1 heteroatoms. The third kappa shape index (κ3) is 6.04. The first-order chi connectivity index (χ1) is 3.27. The van der Waals surface area contributed by atoms with E-state index in [1.165, 1.54) is 0 Å². The molecule has 0 saturated heterocycles. The van der Waals surface area contributed by atoms with Crippen LogP contribution < -0.4 is 0 Å². The Bertz CT molecular complexity index is 84.1. The van der Waals surface area contributed by atoms with Crippen LogP contribution in [0.3, 0.4) is 0 Å². The van der Waals surface area contributed by atoms with E-state index >= 15 is 0 Å². The lowest BCUT2D eigenvalue weighted by Crippen LogP contribution is -1.78. The summed E-state index contributed by atoms with van der Waals surface area (Å²) < 4.78 is 0. The van der Waals surface area contributed by atoms with E-state index in [0.717, 1.165) is 6.42 Å². The molecular formula is C6H9Br. The quantitative estimate of drug-likeness (QED) is 0.377. The summed E-state index contributed by atoms with van der Waals surface area (Å²) in [4.78, 5) is 0.354. The normalized spacial score (nSPS) is 11.9. The van der Waals surface area contributed by atoms with E-state index in [1.54, 1.807) is 0 Å². The van der Waals surface area contributed by atoms with Crippen LogP contribution in [0.1, 0.15) is 20.3 Å².